The molecular formula is C16H16N2O3. The van der Waals surface area contributed by atoms with Gasteiger partial charge in [0.2, 0.25) is 0 Å². The molecule has 5 heteroatoms. The van der Waals surface area contributed by atoms with Crippen molar-refractivity contribution in [2.45, 2.75) is 13.8 Å². The number of nitrogens with two attached hydrogens (primary N) is 1. The maximum absolute atomic E-state index is 12.2. The third kappa shape index (κ3) is 3.02. The lowest BCUT2D eigenvalue weighted by atomic mass is 10.1. The van der Waals surface area contributed by atoms with E-state index in [9.17, 15) is 9.59 Å². The Balaban J connectivity index is 2.29. The highest BCUT2D eigenvalue weighted by atomic mass is 16.4. The molecular weight excluding hydrogens is 268 g/mol. The molecule has 2 rings (SSSR count). The zero-order chi connectivity index (χ0) is 15.6. The van der Waals surface area contributed by atoms with E-state index in [0.29, 0.717) is 22.5 Å². The Morgan fingerprint density at radius 3 is 2.48 bits per heavy atom. The van der Waals surface area contributed by atoms with Gasteiger partial charge in [0.05, 0.1) is 5.56 Å². The topological polar surface area (TPSA) is 92.4 Å². The number of nitrogens with one attached hydrogen (secondary N) is 1. The predicted molar refractivity (Wildman–Crippen MR) is 81.7 cm³/mol. The van der Waals surface area contributed by atoms with Crippen LogP contribution in [0.4, 0.5) is 11.4 Å². The first kappa shape index (κ1) is 14.6. The Kier molecular flexibility index (Phi) is 3.93. The van der Waals surface area contributed by atoms with Gasteiger partial charge >= 0.3 is 5.97 Å². The molecule has 2 aromatic carbocycles. The summed E-state index contributed by atoms with van der Waals surface area (Å²) in [6, 6.07) is 9.77. The molecule has 5 nitrogen and oxygen atoms in total. The highest BCUT2D eigenvalue weighted by molar-refractivity contribution is 6.05. The van der Waals surface area contributed by atoms with E-state index in [1.165, 1.54) is 6.07 Å². The van der Waals surface area contributed by atoms with Crippen molar-refractivity contribution in [3.05, 3.63) is 58.7 Å². The van der Waals surface area contributed by atoms with Gasteiger partial charge < -0.3 is 16.2 Å². The van der Waals surface area contributed by atoms with E-state index in [4.69, 9.17) is 10.8 Å². The predicted octanol–water partition coefficient (Wildman–Crippen LogP) is 2.84. The van der Waals surface area contributed by atoms with Crippen LogP contribution < -0.4 is 11.1 Å². The van der Waals surface area contributed by atoms with Gasteiger partial charge in [0, 0.05) is 16.9 Å². The molecule has 21 heavy (non-hydrogen) atoms. The van der Waals surface area contributed by atoms with Crippen LogP contribution in [0.15, 0.2) is 36.4 Å². The molecule has 0 unspecified atom stereocenters. The van der Waals surface area contributed by atoms with Crippen molar-refractivity contribution in [3.63, 3.8) is 0 Å². The third-order valence-corrected chi connectivity index (χ3v) is 3.34. The number of aryl methyl sites for hydroxylation is 1. The van der Waals surface area contributed by atoms with Crippen molar-refractivity contribution in [1.82, 2.24) is 0 Å². The number of aromatic carboxylic acids is 1. The molecule has 0 atom stereocenters. The second-order valence-electron chi connectivity index (χ2n) is 4.81. The summed E-state index contributed by atoms with van der Waals surface area (Å²) in [4.78, 5) is 23.3. The molecule has 0 bridgehead atoms. The van der Waals surface area contributed by atoms with Gasteiger partial charge in [-0.05, 0) is 55.3 Å². The Morgan fingerprint density at radius 1 is 1.14 bits per heavy atom. The lowest BCUT2D eigenvalue weighted by molar-refractivity contribution is 0.0695. The average molecular weight is 284 g/mol. The molecule has 0 heterocycles. The molecule has 0 radical (unpaired) electrons. The number of carboxylic acids is 1. The smallest absolute Gasteiger partial charge is 0.336 e. The molecule has 2 aromatic rings. The van der Waals surface area contributed by atoms with Crippen LogP contribution in [0.25, 0.3) is 0 Å². The van der Waals surface area contributed by atoms with Crippen molar-refractivity contribution in [2.75, 3.05) is 11.1 Å². The van der Waals surface area contributed by atoms with Crippen LogP contribution in [-0.4, -0.2) is 17.0 Å². The highest BCUT2D eigenvalue weighted by Gasteiger charge is 2.13. The van der Waals surface area contributed by atoms with Gasteiger partial charge in [-0.1, -0.05) is 6.07 Å². The largest absolute Gasteiger partial charge is 0.478 e. The summed E-state index contributed by atoms with van der Waals surface area (Å²) in [5, 5.41) is 11.8. The second-order valence-corrected chi connectivity index (χ2v) is 4.81. The number of hydrogen-bond acceptors (Lipinski definition) is 3. The number of anilines is 2. The summed E-state index contributed by atoms with van der Waals surface area (Å²) in [5.41, 5.74) is 8.80. The van der Waals surface area contributed by atoms with E-state index in [1.54, 1.807) is 37.3 Å². The first-order valence-electron chi connectivity index (χ1n) is 6.40. The third-order valence-electron chi connectivity index (χ3n) is 3.34. The molecule has 0 fully saturated rings. The van der Waals surface area contributed by atoms with Gasteiger partial charge in [0.1, 0.15) is 0 Å². The van der Waals surface area contributed by atoms with Crippen molar-refractivity contribution in [2.24, 2.45) is 0 Å². The van der Waals surface area contributed by atoms with Crippen LogP contribution >= 0.6 is 0 Å². The first-order valence-corrected chi connectivity index (χ1v) is 6.40. The number of rotatable bonds is 3. The Hall–Kier alpha value is -2.82. The lowest BCUT2D eigenvalue weighted by Crippen LogP contribution is -2.14. The van der Waals surface area contributed by atoms with Crippen LogP contribution in [0.3, 0.4) is 0 Å². The fourth-order valence-corrected chi connectivity index (χ4v) is 2.01. The molecule has 1 amide bonds. The number of carbonyl (C=O) groups excluding carboxylic acids is 1. The summed E-state index contributed by atoms with van der Waals surface area (Å²) in [7, 11) is 0. The van der Waals surface area contributed by atoms with Gasteiger partial charge in [-0.3, -0.25) is 4.79 Å². The van der Waals surface area contributed by atoms with Crippen LogP contribution in [-0.2, 0) is 0 Å². The van der Waals surface area contributed by atoms with Crippen molar-refractivity contribution < 1.29 is 14.7 Å². The van der Waals surface area contributed by atoms with Gasteiger partial charge in [-0.25, -0.2) is 4.79 Å². The van der Waals surface area contributed by atoms with E-state index in [1.807, 2.05) is 6.92 Å². The minimum absolute atomic E-state index is 0.168. The molecule has 108 valence electrons. The summed E-state index contributed by atoms with van der Waals surface area (Å²) < 4.78 is 0. The number of nitrogen functional groups attached to an aromatic ring is 1. The fourth-order valence-electron chi connectivity index (χ4n) is 2.01. The van der Waals surface area contributed by atoms with Gasteiger partial charge in [0.25, 0.3) is 5.91 Å². The number of hydrogen-bond donors (Lipinski definition) is 3. The minimum atomic E-state index is -1.02. The SMILES string of the molecule is Cc1cc(C(=O)Nc2cccc(C(=O)O)c2C)ccc1N. The maximum atomic E-state index is 12.2. The van der Waals surface area contributed by atoms with E-state index >= 15 is 0 Å². The number of carbonyl (C=O) groups is 2. The fraction of sp³-hybridized carbons (Fsp3) is 0.125. The van der Waals surface area contributed by atoms with Gasteiger partial charge in [-0.15, -0.1) is 0 Å². The van der Waals surface area contributed by atoms with E-state index in [2.05, 4.69) is 5.32 Å². The van der Waals surface area contributed by atoms with Crippen molar-refractivity contribution >= 4 is 23.3 Å². The normalized spacial score (nSPS) is 10.2. The van der Waals surface area contributed by atoms with E-state index < -0.39 is 5.97 Å². The molecule has 0 aliphatic rings. The monoisotopic (exact) mass is 284 g/mol. The van der Waals surface area contributed by atoms with E-state index in [0.717, 1.165) is 5.56 Å². The lowest BCUT2D eigenvalue weighted by Gasteiger charge is -2.11. The van der Waals surface area contributed by atoms with Crippen LogP contribution in [0.2, 0.25) is 0 Å². The molecule has 4 N–H and O–H groups in total. The summed E-state index contributed by atoms with van der Waals surface area (Å²) in [6.45, 7) is 3.48. The second kappa shape index (κ2) is 5.66. The van der Waals surface area contributed by atoms with Crippen molar-refractivity contribution in [1.29, 1.82) is 0 Å². The molecule has 0 saturated carbocycles. The standard InChI is InChI=1S/C16H16N2O3/c1-9-8-11(6-7-13(9)17)15(19)18-14-5-3-4-12(10(14)2)16(20)21/h3-8H,17H2,1-2H3,(H,18,19)(H,20,21). The molecule has 0 spiro atoms. The Bertz CT molecular complexity index is 723. The molecule has 0 aliphatic heterocycles. The van der Waals surface area contributed by atoms with Gasteiger partial charge in [-0.2, -0.15) is 0 Å². The average Bonchev–Trinajstić information content (AvgIpc) is 2.43. The molecule has 0 aromatic heterocycles. The molecule has 0 saturated heterocycles. The van der Waals surface area contributed by atoms with Crippen LogP contribution in [0, 0.1) is 13.8 Å². The van der Waals surface area contributed by atoms with E-state index in [-0.39, 0.29) is 11.5 Å². The number of amides is 1. The maximum Gasteiger partial charge on any atom is 0.336 e. The summed E-state index contributed by atoms with van der Waals surface area (Å²) >= 11 is 0. The minimum Gasteiger partial charge on any atom is -0.478 e. The quantitative estimate of drug-likeness (QED) is 0.756. The Morgan fingerprint density at radius 2 is 1.86 bits per heavy atom. The first-order chi connectivity index (χ1) is 9.90. The summed E-state index contributed by atoms with van der Waals surface area (Å²) in [6.07, 6.45) is 0. The summed E-state index contributed by atoms with van der Waals surface area (Å²) in [5.74, 6) is -1.32. The van der Waals surface area contributed by atoms with Crippen LogP contribution in [0.5, 0.6) is 0 Å². The highest BCUT2D eigenvalue weighted by Crippen LogP contribution is 2.20. The number of carboxylic acid groups (broad SMARTS) is 1. The van der Waals surface area contributed by atoms with Gasteiger partial charge in [0.15, 0.2) is 0 Å². The molecule has 0 aliphatic carbocycles. The van der Waals surface area contributed by atoms with Crippen molar-refractivity contribution in [3.8, 4) is 0 Å². The number of benzene rings is 2. The Labute approximate surface area is 122 Å². The van der Waals surface area contributed by atoms with Crippen LogP contribution in [0.1, 0.15) is 31.8 Å². The zero-order valence-electron chi connectivity index (χ0n) is 11.8. The zero-order valence-corrected chi connectivity index (χ0v) is 11.8.